The topological polar surface area (TPSA) is 115 Å². The molecule has 9 heteroatoms. The number of rotatable bonds is 7. The molecule has 1 saturated heterocycles. The molecule has 2 aromatic rings. The first-order chi connectivity index (χ1) is 13.8. The van der Waals surface area contributed by atoms with Crippen molar-refractivity contribution in [2.24, 2.45) is 0 Å². The van der Waals surface area contributed by atoms with Crippen molar-refractivity contribution in [1.82, 2.24) is 10.2 Å². The first-order valence-corrected chi connectivity index (χ1v) is 9.28. The molecule has 0 spiro atoms. The fourth-order valence-corrected chi connectivity index (χ4v) is 3.06. The second-order valence-corrected chi connectivity index (χ2v) is 6.79. The Kier molecular flexibility index (Phi) is 5.58. The highest BCUT2D eigenvalue weighted by molar-refractivity contribution is 6.08. The van der Waals surface area contributed by atoms with Gasteiger partial charge in [0.25, 0.3) is 5.91 Å². The van der Waals surface area contributed by atoms with Gasteiger partial charge < -0.3 is 19.2 Å². The molecule has 1 N–H and O–H groups in total. The third-order valence-corrected chi connectivity index (χ3v) is 4.88. The molecular formula is C20H22N2O7. The lowest BCUT2D eigenvalue weighted by Crippen LogP contribution is -2.43. The van der Waals surface area contributed by atoms with Crippen molar-refractivity contribution in [3.63, 3.8) is 0 Å². The highest BCUT2D eigenvalue weighted by Gasteiger charge is 2.47. The zero-order valence-electron chi connectivity index (χ0n) is 16.4. The molecular weight excluding hydrogens is 380 g/mol. The van der Waals surface area contributed by atoms with Crippen LogP contribution < -0.4 is 5.32 Å². The maximum absolute atomic E-state index is 12.4. The van der Waals surface area contributed by atoms with E-state index in [0.29, 0.717) is 23.0 Å². The van der Waals surface area contributed by atoms with E-state index in [1.807, 2.05) is 0 Å². The number of para-hydroxylation sites is 1. The van der Waals surface area contributed by atoms with Crippen molar-refractivity contribution in [2.75, 3.05) is 13.2 Å². The van der Waals surface area contributed by atoms with E-state index in [-0.39, 0.29) is 19.0 Å². The van der Waals surface area contributed by atoms with Crippen LogP contribution in [0, 0.1) is 0 Å². The number of nitrogens with zero attached hydrogens (tertiary/aromatic N) is 1. The van der Waals surface area contributed by atoms with Crippen molar-refractivity contribution in [2.45, 2.75) is 39.3 Å². The molecule has 0 bridgehead atoms. The van der Waals surface area contributed by atoms with Crippen LogP contribution in [0.2, 0.25) is 0 Å². The highest BCUT2D eigenvalue weighted by atomic mass is 16.5. The van der Waals surface area contributed by atoms with E-state index in [4.69, 9.17) is 13.9 Å². The Balaban J connectivity index is 1.74. The number of hydrogen-bond donors (Lipinski definition) is 1. The molecule has 0 unspecified atom stereocenters. The molecule has 29 heavy (non-hydrogen) atoms. The molecule has 9 nitrogen and oxygen atoms in total. The van der Waals surface area contributed by atoms with E-state index < -0.39 is 36.0 Å². The minimum Gasteiger partial charge on any atom is -0.460 e. The zero-order valence-corrected chi connectivity index (χ0v) is 16.4. The molecule has 1 aromatic heterocycles. The van der Waals surface area contributed by atoms with Gasteiger partial charge in [-0.25, -0.2) is 9.59 Å². The summed E-state index contributed by atoms with van der Waals surface area (Å²) >= 11 is 0. The van der Waals surface area contributed by atoms with Crippen molar-refractivity contribution in [3.05, 3.63) is 35.6 Å². The summed E-state index contributed by atoms with van der Waals surface area (Å²) in [5.41, 5.74) is -0.215. The first-order valence-electron chi connectivity index (χ1n) is 9.28. The Labute approximate surface area is 166 Å². The van der Waals surface area contributed by atoms with Crippen molar-refractivity contribution >= 4 is 34.8 Å². The Morgan fingerprint density at radius 1 is 1.17 bits per heavy atom. The van der Waals surface area contributed by atoms with E-state index in [1.165, 1.54) is 0 Å². The predicted molar refractivity (Wildman–Crippen MR) is 101 cm³/mol. The second kappa shape index (κ2) is 7.94. The van der Waals surface area contributed by atoms with Crippen LogP contribution in [-0.2, 0) is 25.7 Å². The summed E-state index contributed by atoms with van der Waals surface area (Å²) in [6, 6.07) is 6.28. The standard InChI is InChI=1S/C20H22N2O7/c1-4-20(3)18(25)22(19(26)21-20)10-15(23)28-11-13-12-8-6-7-9-14(12)29-16(13)17(24)27-5-2/h6-9H,4-5,10-11H2,1-3H3,(H,21,26)/t20-/m1/s1. The van der Waals surface area contributed by atoms with Gasteiger partial charge in [-0.1, -0.05) is 25.1 Å². The van der Waals surface area contributed by atoms with Crippen LogP contribution in [-0.4, -0.2) is 47.5 Å². The number of imide groups is 1. The first kappa shape index (κ1) is 20.4. The van der Waals surface area contributed by atoms with E-state index in [2.05, 4.69) is 5.32 Å². The molecule has 0 radical (unpaired) electrons. The molecule has 2 heterocycles. The van der Waals surface area contributed by atoms with Crippen LogP contribution in [0.5, 0.6) is 0 Å². The second-order valence-electron chi connectivity index (χ2n) is 6.79. The molecule has 0 saturated carbocycles. The summed E-state index contributed by atoms with van der Waals surface area (Å²) in [6.07, 6.45) is 0.396. The Hall–Kier alpha value is -3.36. The molecule has 1 atom stereocenters. The number of benzene rings is 1. The number of carbonyl (C=O) groups is 4. The third kappa shape index (κ3) is 3.80. The average Bonchev–Trinajstić information content (AvgIpc) is 3.17. The maximum Gasteiger partial charge on any atom is 0.374 e. The monoisotopic (exact) mass is 402 g/mol. The fraction of sp³-hybridized carbons (Fsp3) is 0.400. The summed E-state index contributed by atoms with van der Waals surface area (Å²) in [4.78, 5) is 49.7. The number of urea groups is 1. The molecule has 1 aliphatic heterocycles. The molecule has 154 valence electrons. The highest BCUT2D eigenvalue weighted by Crippen LogP contribution is 2.27. The van der Waals surface area contributed by atoms with Crippen molar-refractivity contribution < 1.29 is 33.1 Å². The average molecular weight is 402 g/mol. The third-order valence-electron chi connectivity index (χ3n) is 4.88. The minimum atomic E-state index is -1.03. The van der Waals surface area contributed by atoms with Crippen LogP contribution >= 0.6 is 0 Å². The van der Waals surface area contributed by atoms with Gasteiger partial charge in [0, 0.05) is 5.39 Å². The van der Waals surface area contributed by atoms with Gasteiger partial charge >= 0.3 is 18.0 Å². The summed E-state index contributed by atoms with van der Waals surface area (Å²) < 4.78 is 15.8. The van der Waals surface area contributed by atoms with Gasteiger partial charge in [0.05, 0.1) is 12.2 Å². The Morgan fingerprint density at radius 3 is 2.55 bits per heavy atom. The van der Waals surface area contributed by atoms with Crippen molar-refractivity contribution in [3.8, 4) is 0 Å². The Bertz CT molecular complexity index is 980. The largest absolute Gasteiger partial charge is 0.460 e. The minimum absolute atomic E-state index is 0.0469. The quantitative estimate of drug-likeness (QED) is 0.558. The lowest BCUT2D eigenvalue weighted by atomic mass is 9.99. The number of amides is 3. The van der Waals surface area contributed by atoms with E-state index in [0.717, 1.165) is 4.90 Å². The summed E-state index contributed by atoms with van der Waals surface area (Å²) in [7, 11) is 0. The number of nitrogens with one attached hydrogen (secondary N) is 1. The van der Waals surface area contributed by atoms with Crippen LogP contribution in [0.1, 0.15) is 43.3 Å². The van der Waals surface area contributed by atoms with E-state index in [1.54, 1.807) is 45.0 Å². The summed E-state index contributed by atoms with van der Waals surface area (Å²) in [5.74, 6) is -1.98. The lowest BCUT2D eigenvalue weighted by molar-refractivity contribution is -0.148. The smallest absolute Gasteiger partial charge is 0.374 e. The van der Waals surface area contributed by atoms with Gasteiger partial charge in [-0.15, -0.1) is 0 Å². The van der Waals surface area contributed by atoms with Crippen LogP contribution in [0.4, 0.5) is 4.79 Å². The van der Waals surface area contributed by atoms with Gasteiger partial charge in [0.15, 0.2) is 0 Å². The van der Waals surface area contributed by atoms with Crippen LogP contribution in [0.3, 0.4) is 0 Å². The molecule has 0 aliphatic carbocycles. The number of furan rings is 1. The van der Waals surface area contributed by atoms with Gasteiger partial charge in [-0.2, -0.15) is 0 Å². The summed E-state index contributed by atoms with van der Waals surface area (Å²) in [5, 5.41) is 3.18. The molecule has 1 aliphatic rings. The zero-order chi connectivity index (χ0) is 21.2. The molecule has 3 rings (SSSR count). The predicted octanol–water partition coefficient (Wildman–Crippen LogP) is 2.37. The van der Waals surface area contributed by atoms with Gasteiger partial charge in [-0.3, -0.25) is 14.5 Å². The molecule has 1 aromatic carbocycles. The van der Waals surface area contributed by atoms with Gasteiger partial charge in [-0.05, 0) is 26.3 Å². The SMILES string of the molecule is CCOC(=O)c1oc2ccccc2c1COC(=O)CN1C(=O)N[C@](C)(CC)C1=O. The summed E-state index contributed by atoms with van der Waals surface area (Å²) in [6.45, 7) is 4.41. The Morgan fingerprint density at radius 2 is 1.90 bits per heavy atom. The number of ether oxygens (including phenoxy) is 2. The number of esters is 2. The van der Waals surface area contributed by atoms with E-state index in [9.17, 15) is 19.2 Å². The number of fused-ring (bicyclic) bond motifs is 1. The number of carbonyl (C=O) groups excluding carboxylic acids is 4. The lowest BCUT2D eigenvalue weighted by Gasteiger charge is -2.18. The van der Waals surface area contributed by atoms with Crippen LogP contribution in [0.25, 0.3) is 11.0 Å². The normalized spacial score (nSPS) is 18.8. The van der Waals surface area contributed by atoms with Gasteiger partial charge in [0.2, 0.25) is 5.76 Å². The van der Waals surface area contributed by atoms with Crippen molar-refractivity contribution in [1.29, 1.82) is 0 Å². The molecule has 3 amide bonds. The maximum atomic E-state index is 12.4. The number of hydrogen-bond acceptors (Lipinski definition) is 7. The van der Waals surface area contributed by atoms with Gasteiger partial charge in [0.1, 0.15) is 24.3 Å². The van der Waals surface area contributed by atoms with Crippen LogP contribution in [0.15, 0.2) is 28.7 Å². The van der Waals surface area contributed by atoms with E-state index >= 15 is 0 Å². The fourth-order valence-electron chi connectivity index (χ4n) is 3.06. The molecule has 1 fully saturated rings.